The van der Waals surface area contributed by atoms with Gasteiger partial charge in [0.05, 0.1) is 6.61 Å². The van der Waals surface area contributed by atoms with Crippen LogP contribution >= 0.6 is 11.3 Å². The van der Waals surface area contributed by atoms with Gasteiger partial charge in [-0.05, 0) is 41.1 Å². The summed E-state index contributed by atoms with van der Waals surface area (Å²) in [4.78, 5) is 0. The van der Waals surface area contributed by atoms with Crippen LogP contribution in [-0.4, -0.2) is 20.1 Å². The van der Waals surface area contributed by atoms with Gasteiger partial charge in [0.1, 0.15) is 10.0 Å². The highest BCUT2D eigenvalue weighted by atomic mass is 32.2. The van der Waals surface area contributed by atoms with E-state index >= 15 is 0 Å². The lowest BCUT2D eigenvalue weighted by atomic mass is 10.1. The van der Waals surface area contributed by atoms with Crippen molar-refractivity contribution in [1.29, 1.82) is 0 Å². The fourth-order valence-corrected chi connectivity index (χ4v) is 3.91. The normalized spacial score (nSPS) is 11.7. The molecule has 2 rings (SSSR count). The molecule has 0 bridgehead atoms. The van der Waals surface area contributed by atoms with E-state index in [-0.39, 0.29) is 23.2 Å². The van der Waals surface area contributed by atoms with Crippen LogP contribution in [0.4, 0.5) is 4.39 Å². The SMILES string of the molecule is O=S(=O)(NCCc1ccc(F)cc1)c1cc(CO)cs1. The molecule has 0 aliphatic rings. The van der Waals surface area contributed by atoms with Gasteiger partial charge in [-0.2, -0.15) is 0 Å². The average molecular weight is 315 g/mol. The van der Waals surface area contributed by atoms with E-state index in [4.69, 9.17) is 5.11 Å². The van der Waals surface area contributed by atoms with Gasteiger partial charge in [-0.1, -0.05) is 12.1 Å². The van der Waals surface area contributed by atoms with Crippen LogP contribution in [0, 0.1) is 5.82 Å². The maximum absolute atomic E-state index is 12.7. The van der Waals surface area contributed by atoms with Crippen LogP contribution in [0.1, 0.15) is 11.1 Å². The van der Waals surface area contributed by atoms with E-state index in [0.717, 1.165) is 16.9 Å². The third kappa shape index (κ3) is 3.86. The average Bonchev–Trinajstić information content (AvgIpc) is 2.90. The molecule has 4 nitrogen and oxygen atoms in total. The Kier molecular flexibility index (Phi) is 4.87. The zero-order valence-corrected chi connectivity index (χ0v) is 12.2. The highest BCUT2D eigenvalue weighted by Crippen LogP contribution is 2.19. The molecule has 1 aromatic carbocycles. The lowest BCUT2D eigenvalue weighted by Gasteiger charge is -2.05. The maximum atomic E-state index is 12.7. The molecule has 1 aromatic heterocycles. The first-order valence-corrected chi connectivity index (χ1v) is 8.30. The molecule has 2 N–H and O–H groups in total. The van der Waals surface area contributed by atoms with E-state index in [9.17, 15) is 12.8 Å². The van der Waals surface area contributed by atoms with E-state index in [1.54, 1.807) is 17.5 Å². The van der Waals surface area contributed by atoms with Crippen LogP contribution < -0.4 is 4.72 Å². The van der Waals surface area contributed by atoms with Gasteiger partial charge in [0.2, 0.25) is 10.0 Å². The van der Waals surface area contributed by atoms with Gasteiger partial charge in [-0.25, -0.2) is 17.5 Å². The standard InChI is InChI=1S/C13H14FNO3S2/c14-12-3-1-10(2-4-12)5-6-15-20(17,18)13-7-11(8-16)9-19-13/h1-4,7,9,15-16H,5-6,8H2. The zero-order chi connectivity index (χ0) is 14.6. The lowest BCUT2D eigenvalue weighted by Crippen LogP contribution is -2.25. The number of aliphatic hydroxyl groups is 1. The minimum Gasteiger partial charge on any atom is -0.392 e. The molecule has 0 spiro atoms. The van der Waals surface area contributed by atoms with Crippen LogP contribution in [0.15, 0.2) is 39.9 Å². The van der Waals surface area contributed by atoms with E-state index in [0.29, 0.717) is 12.0 Å². The molecule has 2 aromatic rings. The Labute approximate surface area is 120 Å². The van der Waals surface area contributed by atoms with Crippen molar-refractivity contribution in [3.8, 4) is 0 Å². The van der Waals surface area contributed by atoms with Gasteiger partial charge in [0, 0.05) is 6.54 Å². The largest absolute Gasteiger partial charge is 0.392 e. The van der Waals surface area contributed by atoms with E-state index < -0.39 is 10.0 Å². The summed E-state index contributed by atoms with van der Waals surface area (Å²) >= 11 is 1.07. The van der Waals surface area contributed by atoms with Gasteiger partial charge >= 0.3 is 0 Å². The van der Waals surface area contributed by atoms with Crippen molar-refractivity contribution in [2.75, 3.05) is 6.54 Å². The third-order valence-corrected chi connectivity index (χ3v) is 5.65. The molecule has 0 saturated carbocycles. The second kappa shape index (κ2) is 6.45. The van der Waals surface area contributed by atoms with Crippen LogP contribution in [0.2, 0.25) is 0 Å². The highest BCUT2D eigenvalue weighted by molar-refractivity contribution is 7.91. The van der Waals surface area contributed by atoms with Crippen molar-refractivity contribution in [3.05, 3.63) is 52.7 Å². The van der Waals surface area contributed by atoms with Crippen molar-refractivity contribution in [2.45, 2.75) is 17.2 Å². The lowest BCUT2D eigenvalue weighted by molar-refractivity contribution is 0.282. The van der Waals surface area contributed by atoms with Crippen LogP contribution in [0.5, 0.6) is 0 Å². The Morgan fingerprint density at radius 3 is 2.50 bits per heavy atom. The molecular formula is C13H14FNO3S2. The quantitative estimate of drug-likeness (QED) is 0.855. The van der Waals surface area contributed by atoms with Crippen molar-refractivity contribution in [3.63, 3.8) is 0 Å². The van der Waals surface area contributed by atoms with Gasteiger partial charge in [0.15, 0.2) is 0 Å². The van der Waals surface area contributed by atoms with Gasteiger partial charge in [-0.15, -0.1) is 11.3 Å². The molecule has 0 aliphatic heterocycles. The number of thiophene rings is 1. The summed E-state index contributed by atoms with van der Waals surface area (Å²) < 4.78 is 39.3. The molecular weight excluding hydrogens is 301 g/mol. The first kappa shape index (κ1) is 15.1. The number of aliphatic hydroxyl groups excluding tert-OH is 1. The number of sulfonamides is 1. The monoisotopic (exact) mass is 315 g/mol. The predicted octanol–water partition coefficient (Wildman–Crippen LogP) is 1.90. The fourth-order valence-electron chi connectivity index (χ4n) is 1.63. The molecule has 0 atom stereocenters. The number of hydrogen-bond acceptors (Lipinski definition) is 4. The summed E-state index contributed by atoms with van der Waals surface area (Å²) in [7, 11) is -3.54. The third-order valence-electron chi connectivity index (χ3n) is 2.70. The Hall–Kier alpha value is -1.28. The second-order valence-corrected chi connectivity index (χ2v) is 7.11. The summed E-state index contributed by atoms with van der Waals surface area (Å²) in [5.74, 6) is -0.315. The van der Waals surface area contributed by atoms with Crippen molar-refractivity contribution >= 4 is 21.4 Å². The number of nitrogens with one attached hydrogen (secondary N) is 1. The van der Waals surface area contributed by atoms with Crippen LogP contribution in [-0.2, 0) is 23.1 Å². The van der Waals surface area contributed by atoms with Gasteiger partial charge in [-0.3, -0.25) is 0 Å². The Balaban J connectivity index is 1.94. The molecule has 108 valence electrons. The molecule has 0 fully saturated rings. The summed E-state index contributed by atoms with van der Waals surface area (Å²) in [6.45, 7) is 0.0575. The van der Waals surface area contributed by atoms with Crippen molar-refractivity contribution < 1.29 is 17.9 Å². The minimum atomic E-state index is -3.54. The molecule has 20 heavy (non-hydrogen) atoms. The zero-order valence-electron chi connectivity index (χ0n) is 10.5. The smallest absolute Gasteiger partial charge is 0.250 e. The fraction of sp³-hybridized carbons (Fsp3) is 0.231. The highest BCUT2D eigenvalue weighted by Gasteiger charge is 2.15. The van der Waals surface area contributed by atoms with E-state index in [1.807, 2.05) is 0 Å². The van der Waals surface area contributed by atoms with Crippen LogP contribution in [0.3, 0.4) is 0 Å². The number of rotatable bonds is 6. The van der Waals surface area contributed by atoms with Gasteiger partial charge in [0.25, 0.3) is 0 Å². The van der Waals surface area contributed by atoms with Crippen molar-refractivity contribution in [1.82, 2.24) is 4.72 Å². The molecule has 0 aliphatic carbocycles. The number of halogens is 1. The number of hydrogen-bond donors (Lipinski definition) is 2. The summed E-state index contributed by atoms with van der Waals surface area (Å²) in [6, 6.07) is 7.38. The topological polar surface area (TPSA) is 66.4 Å². The Morgan fingerprint density at radius 2 is 1.90 bits per heavy atom. The first-order valence-electron chi connectivity index (χ1n) is 5.93. The van der Waals surface area contributed by atoms with E-state index in [1.165, 1.54) is 18.2 Å². The molecule has 0 saturated heterocycles. The predicted molar refractivity (Wildman–Crippen MR) is 75.5 cm³/mol. The second-order valence-electron chi connectivity index (χ2n) is 4.21. The molecule has 1 heterocycles. The summed E-state index contributed by atoms with van der Waals surface area (Å²) in [6.07, 6.45) is 0.484. The molecule has 7 heteroatoms. The minimum absolute atomic E-state index is 0.179. The summed E-state index contributed by atoms with van der Waals surface area (Å²) in [5, 5.41) is 10.5. The van der Waals surface area contributed by atoms with Gasteiger partial charge < -0.3 is 5.11 Å². The molecule has 0 unspecified atom stereocenters. The summed E-state index contributed by atoms with van der Waals surface area (Å²) in [5.41, 5.74) is 1.44. The Bertz CT molecular complexity index is 665. The molecule has 0 radical (unpaired) electrons. The Morgan fingerprint density at radius 1 is 1.20 bits per heavy atom. The molecule has 0 amide bonds. The number of benzene rings is 1. The maximum Gasteiger partial charge on any atom is 0.250 e. The van der Waals surface area contributed by atoms with Crippen LogP contribution in [0.25, 0.3) is 0 Å². The first-order chi connectivity index (χ1) is 9.51. The van der Waals surface area contributed by atoms with Crippen molar-refractivity contribution in [2.24, 2.45) is 0 Å². The van der Waals surface area contributed by atoms with E-state index in [2.05, 4.69) is 4.72 Å².